The van der Waals surface area contributed by atoms with Crippen molar-refractivity contribution in [3.8, 4) is 0 Å². The van der Waals surface area contributed by atoms with Gasteiger partial charge >= 0.3 is 0 Å². The number of aromatic nitrogens is 1. The maximum Gasteiger partial charge on any atom is 0.0959 e. The van der Waals surface area contributed by atoms with E-state index in [2.05, 4.69) is 11.1 Å². The molecule has 0 aliphatic carbocycles. The van der Waals surface area contributed by atoms with Gasteiger partial charge in [0.2, 0.25) is 0 Å². The molecular formula is C11H18N2S. The molecule has 0 radical (unpaired) electrons. The summed E-state index contributed by atoms with van der Waals surface area (Å²) in [5, 5.41) is 1.13. The summed E-state index contributed by atoms with van der Waals surface area (Å²) in [5.74, 6) is 1.17. The molecule has 0 spiro atoms. The minimum Gasteiger partial charge on any atom is -0.330 e. The Balaban J connectivity index is 1.99. The van der Waals surface area contributed by atoms with Gasteiger partial charge in [0.05, 0.1) is 5.03 Å². The van der Waals surface area contributed by atoms with Crippen LogP contribution in [0.5, 0.6) is 0 Å². The van der Waals surface area contributed by atoms with E-state index in [0.717, 1.165) is 18.0 Å². The quantitative estimate of drug-likeness (QED) is 0.555. The zero-order valence-corrected chi connectivity index (χ0v) is 9.30. The first kappa shape index (κ1) is 11.5. The molecule has 0 saturated carbocycles. The van der Waals surface area contributed by atoms with E-state index in [1.54, 1.807) is 0 Å². The Kier molecular flexibility index (Phi) is 6.45. The van der Waals surface area contributed by atoms with Gasteiger partial charge in [0, 0.05) is 6.20 Å². The van der Waals surface area contributed by atoms with Gasteiger partial charge in [0.15, 0.2) is 0 Å². The molecule has 1 heterocycles. The summed E-state index contributed by atoms with van der Waals surface area (Å²) >= 11 is 1.84. The zero-order chi connectivity index (χ0) is 10.1. The zero-order valence-electron chi connectivity index (χ0n) is 8.48. The van der Waals surface area contributed by atoms with Crippen molar-refractivity contribution < 1.29 is 0 Å². The van der Waals surface area contributed by atoms with Gasteiger partial charge in [-0.1, -0.05) is 18.9 Å². The fraction of sp³-hybridized carbons (Fsp3) is 0.545. The topological polar surface area (TPSA) is 38.9 Å². The second kappa shape index (κ2) is 7.83. The average molecular weight is 210 g/mol. The maximum absolute atomic E-state index is 5.42. The predicted molar refractivity (Wildman–Crippen MR) is 62.5 cm³/mol. The molecule has 14 heavy (non-hydrogen) atoms. The Morgan fingerprint density at radius 1 is 1.14 bits per heavy atom. The highest BCUT2D eigenvalue weighted by Gasteiger charge is 1.93. The Bertz CT molecular complexity index is 226. The number of hydrogen-bond donors (Lipinski definition) is 1. The number of rotatable bonds is 7. The molecule has 1 rings (SSSR count). The van der Waals surface area contributed by atoms with Gasteiger partial charge in [0.25, 0.3) is 0 Å². The number of nitrogens with two attached hydrogens (primary N) is 1. The van der Waals surface area contributed by atoms with Crippen LogP contribution < -0.4 is 5.73 Å². The summed E-state index contributed by atoms with van der Waals surface area (Å²) in [6.07, 6.45) is 6.82. The molecule has 0 unspecified atom stereocenters. The first-order chi connectivity index (χ1) is 6.93. The molecule has 3 heteroatoms. The van der Waals surface area contributed by atoms with Gasteiger partial charge in [-0.15, -0.1) is 11.8 Å². The van der Waals surface area contributed by atoms with Gasteiger partial charge in [-0.05, 0) is 37.3 Å². The molecule has 0 fully saturated rings. The van der Waals surface area contributed by atoms with E-state index < -0.39 is 0 Å². The number of nitrogens with zero attached hydrogens (tertiary/aromatic N) is 1. The van der Waals surface area contributed by atoms with Crippen molar-refractivity contribution in [2.24, 2.45) is 5.73 Å². The fourth-order valence-corrected chi connectivity index (χ4v) is 2.08. The molecule has 0 aliphatic heterocycles. The first-order valence-corrected chi connectivity index (χ1v) is 6.16. The fourth-order valence-electron chi connectivity index (χ4n) is 1.21. The minimum absolute atomic E-state index is 0.827. The minimum atomic E-state index is 0.827. The summed E-state index contributed by atoms with van der Waals surface area (Å²) in [6, 6.07) is 6.04. The van der Waals surface area contributed by atoms with E-state index in [1.165, 1.54) is 25.0 Å². The van der Waals surface area contributed by atoms with Crippen LogP contribution in [0.1, 0.15) is 25.7 Å². The summed E-state index contributed by atoms with van der Waals surface area (Å²) in [4.78, 5) is 4.26. The van der Waals surface area contributed by atoms with Crippen molar-refractivity contribution in [2.75, 3.05) is 12.3 Å². The van der Waals surface area contributed by atoms with Crippen molar-refractivity contribution >= 4 is 11.8 Å². The van der Waals surface area contributed by atoms with E-state index >= 15 is 0 Å². The highest BCUT2D eigenvalue weighted by molar-refractivity contribution is 7.99. The Hall–Kier alpha value is -0.540. The predicted octanol–water partition coefficient (Wildman–Crippen LogP) is 2.69. The molecule has 0 bridgehead atoms. The highest BCUT2D eigenvalue weighted by Crippen LogP contribution is 2.16. The van der Waals surface area contributed by atoms with Crippen molar-refractivity contribution in [3.05, 3.63) is 24.4 Å². The van der Waals surface area contributed by atoms with Crippen molar-refractivity contribution in [3.63, 3.8) is 0 Å². The van der Waals surface area contributed by atoms with Gasteiger partial charge in [-0.2, -0.15) is 0 Å². The molecule has 78 valence electrons. The third kappa shape index (κ3) is 5.25. The van der Waals surface area contributed by atoms with Crippen LogP contribution in [-0.4, -0.2) is 17.3 Å². The Morgan fingerprint density at radius 2 is 2.00 bits per heavy atom. The van der Waals surface area contributed by atoms with Crippen LogP contribution in [0.2, 0.25) is 0 Å². The third-order valence-electron chi connectivity index (χ3n) is 1.99. The van der Waals surface area contributed by atoms with Crippen LogP contribution in [0.4, 0.5) is 0 Å². The van der Waals surface area contributed by atoms with E-state index in [-0.39, 0.29) is 0 Å². The summed E-state index contributed by atoms with van der Waals surface area (Å²) in [6.45, 7) is 0.827. The van der Waals surface area contributed by atoms with Gasteiger partial charge < -0.3 is 5.73 Å². The molecule has 0 saturated heterocycles. The number of thioether (sulfide) groups is 1. The van der Waals surface area contributed by atoms with Gasteiger partial charge in [0.1, 0.15) is 0 Å². The first-order valence-electron chi connectivity index (χ1n) is 5.17. The van der Waals surface area contributed by atoms with E-state index in [4.69, 9.17) is 5.73 Å². The second-order valence-electron chi connectivity index (χ2n) is 3.22. The van der Waals surface area contributed by atoms with E-state index in [0.29, 0.717) is 0 Å². The Labute approximate surface area is 90.3 Å². The number of hydrogen-bond acceptors (Lipinski definition) is 3. The maximum atomic E-state index is 5.42. The summed E-state index contributed by atoms with van der Waals surface area (Å²) < 4.78 is 0. The monoisotopic (exact) mass is 210 g/mol. The Morgan fingerprint density at radius 3 is 2.71 bits per heavy atom. The van der Waals surface area contributed by atoms with Crippen molar-refractivity contribution in [1.82, 2.24) is 4.98 Å². The molecule has 2 nitrogen and oxygen atoms in total. The SMILES string of the molecule is NCCCCCCSc1ccccn1. The summed E-state index contributed by atoms with van der Waals surface area (Å²) in [5.41, 5.74) is 5.42. The lowest BCUT2D eigenvalue weighted by Crippen LogP contribution is -1.97. The van der Waals surface area contributed by atoms with Crippen LogP contribution in [-0.2, 0) is 0 Å². The third-order valence-corrected chi connectivity index (χ3v) is 3.02. The lowest BCUT2D eigenvalue weighted by Gasteiger charge is -2.00. The lowest BCUT2D eigenvalue weighted by atomic mass is 10.2. The van der Waals surface area contributed by atoms with Crippen LogP contribution in [0, 0.1) is 0 Å². The molecule has 0 aliphatic rings. The lowest BCUT2D eigenvalue weighted by molar-refractivity contribution is 0.678. The molecule has 2 N–H and O–H groups in total. The van der Waals surface area contributed by atoms with Gasteiger partial charge in [-0.3, -0.25) is 0 Å². The van der Waals surface area contributed by atoms with Crippen molar-refractivity contribution in [1.29, 1.82) is 0 Å². The van der Waals surface area contributed by atoms with Crippen LogP contribution in [0.3, 0.4) is 0 Å². The molecule has 0 atom stereocenters. The van der Waals surface area contributed by atoms with Gasteiger partial charge in [-0.25, -0.2) is 4.98 Å². The van der Waals surface area contributed by atoms with Crippen LogP contribution in [0.15, 0.2) is 29.4 Å². The van der Waals surface area contributed by atoms with E-state index in [1.807, 2.05) is 30.1 Å². The second-order valence-corrected chi connectivity index (χ2v) is 4.33. The molecule has 0 aromatic carbocycles. The van der Waals surface area contributed by atoms with E-state index in [9.17, 15) is 0 Å². The van der Waals surface area contributed by atoms with Crippen LogP contribution >= 0.6 is 11.8 Å². The van der Waals surface area contributed by atoms with Crippen molar-refractivity contribution in [2.45, 2.75) is 30.7 Å². The number of pyridine rings is 1. The normalized spacial score (nSPS) is 10.4. The smallest absolute Gasteiger partial charge is 0.0959 e. The molecule has 1 aromatic heterocycles. The standard InChI is InChI=1S/C11H18N2S/c12-8-4-1-2-6-10-14-11-7-3-5-9-13-11/h3,5,7,9H,1-2,4,6,8,10,12H2. The summed E-state index contributed by atoms with van der Waals surface area (Å²) in [7, 11) is 0. The molecule has 0 amide bonds. The van der Waals surface area contributed by atoms with Crippen LogP contribution in [0.25, 0.3) is 0 Å². The highest BCUT2D eigenvalue weighted by atomic mass is 32.2. The largest absolute Gasteiger partial charge is 0.330 e. The number of unbranched alkanes of at least 4 members (excludes halogenated alkanes) is 3. The average Bonchev–Trinajstić information content (AvgIpc) is 2.25. The molecule has 1 aromatic rings. The molecular weight excluding hydrogens is 192 g/mol.